The molecule has 78 valence electrons. The van der Waals surface area contributed by atoms with Crippen molar-refractivity contribution in [3.63, 3.8) is 0 Å². The van der Waals surface area contributed by atoms with Crippen LogP contribution in [0.3, 0.4) is 0 Å². The summed E-state index contributed by atoms with van der Waals surface area (Å²) in [5, 5.41) is 11.2. The van der Waals surface area contributed by atoms with Gasteiger partial charge in [-0.2, -0.15) is 0 Å². The summed E-state index contributed by atoms with van der Waals surface area (Å²) in [6.07, 6.45) is 4.68. The first-order chi connectivity index (χ1) is 6.74. The fourth-order valence-electron chi connectivity index (χ4n) is 1.23. The summed E-state index contributed by atoms with van der Waals surface area (Å²) in [6, 6.07) is 0. The summed E-state index contributed by atoms with van der Waals surface area (Å²) in [6.45, 7) is 3.48. The highest BCUT2D eigenvalue weighted by Gasteiger charge is 2.02. The van der Waals surface area contributed by atoms with Gasteiger partial charge in [-0.3, -0.25) is 10.1 Å². The molecule has 5 nitrogen and oxygen atoms in total. The van der Waals surface area contributed by atoms with E-state index in [9.17, 15) is 4.79 Å². The van der Waals surface area contributed by atoms with Crippen LogP contribution in [-0.4, -0.2) is 27.2 Å². The molecule has 1 aromatic rings. The molecule has 1 heterocycles. The summed E-state index contributed by atoms with van der Waals surface area (Å²) < 4.78 is 2.02. The molecule has 0 atom stereocenters. The Morgan fingerprint density at radius 2 is 2.50 bits per heavy atom. The summed E-state index contributed by atoms with van der Waals surface area (Å²) in [5.41, 5.74) is 0. The van der Waals surface area contributed by atoms with Gasteiger partial charge in [0.25, 0.3) is 0 Å². The van der Waals surface area contributed by atoms with Crippen molar-refractivity contribution in [2.75, 3.05) is 6.54 Å². The lowest BCUT2D eigenvalue weighted by Gasteiger charge is -2.05. The molecule has 0 bridgehead atoms. The van der Waals surface area contributed by atoms with E-state index in [1.165, 1.54) is 0 Å². The number of aliphatic carboxylic acids is 1. The van der Waals surface area contributed by atoms with Crippen LogP contribution in [0.25, 0.3) is 0 Å². The van der Waals surface area contributed by atoms with Crippen molar-refractivity contribution in [3.8, 4) is 0 Å². The number of carbonyl (C=O) groups is 1. The standard InChI is InChI=1S/C9H15N3O2/c1-2-4-12-5-3-11-8(12)6-10-7-9(13)14/h3,5,10H,2,4,6-7H2,1H3,(H,13,14). The molecule has 5 heteroatoms. The van der Waals surface area contributed by atoms with Gasteiger partial charge >= 0.3 is 5.97 Å². The van der Waals surface area contributed by atoms with Gasteiger partial charge in [-0.25, -0.2) is 4.98 Å². The molecular weight excluding hydrogens is 182 g/mol. The van der Waals surface area contributed by atoms with E-state index in [4.69, 9.17) is 5.11 Å². The van der Waals surface area contributed by atoms with Crippen LogP contribution in [0.1, 0.15) is 19.2 Å². The molecule has 2 N–H and O–H groups in total. The van der Waals surface area contributed by atoms with Crippen molar-refractivity contribution >= 4 is 5.97 Å². The number of carboxylic acid groups (broad SMARTS) is 1. The van der Waals surface area contributed by atoms with E-state index >= 15 is 0 Å². The Balaban J connectivity index is 2.41. The van der Waals surface area contributed by atoms with Crippen molar-refractivity contribution in [2.45, 2.75) is 26.4 Å². The van der Waals surface area contributed by atoms with Crippen LogP contribution in [0.15, 0.2) is 12.4 Å². The first-order valence-corrected chi connectivity index (χ1v) is 4.66. The van der Waals surface area contributed by atoms with Gasteiger partial charge in [-0.15, -0.1) is 0 Å². The molecule has 0 saturated heterocycles. The number of carboxylic acids is 1. The maximum Gasteiger partial charge on any atom is 0.317 e. The average molecular weight is 197 g/mol. The normalized spacial score (nSPS) is 10.4. The van der Waals surface area contributed by atoms with Crippen molar-refractivity contribution < 1.29 is 9.90 Å². The lowest BCUT2D eigenvalue weighted by atomic mass is 10.4. The van der Waals surface area contributed by atoms with Crippen LogP contribution < -0.4 is 5.32 Å². The number of aryl methyl sites for hydroxylation is 1. The fourth-order valence-corrected chi connectivity index (χ4v) is 1.23. The van der Waals surface area contributed by atoms with Crippen molar-refractivity contribution in [1.29, 1.82) is 0 Å². The topological polar surface area (TPSA) is 67.2 Å². The molecule has 0 aliphatic heterocycles. The van der Waals surface area contributed by atoms with Gasteiger partial charge < -0.3 is 9.67 Å². The Bertz CT molecular complexity index is 296. The van der Waals surface area contributed by atoms with E-state index in [0.717, 1.165) is 18.8 Å². The Hall–Kier alpha value is -1.36. The quantitative estimate of drug-likeness (QED) is 0.695. The minimum Gasteiger partial charge on any atom is -0.480 e. The van der Waals surface area contributed by atoms with Crippen LogP contribution in [0.4, 0.5) is 0 Å². The Morgan fingerprint density at radius 3 is 3.14 bits per heavy atom. The second kappa shape index (κ2) is 5.39. The van der Waals surface area contributed by atoms with Gasteiger partial charge in [-0.05, 0) is 6.42 Å². The summed E-state index contributed by atoms with van der Waals surface area (Å²) >= 11 is 0. The van der Waals surface area contributed by atoms with Gasteiger partial charge in [0.1, 0.15) is 5.82 Å². The molecule has 0 aliphatic carbocycles. The third-order valence-electron chi connectivity index (χ3n) is 1.83. The molecule has 0 saturated carbocycles. The predicted molar refractivity (Wildman–Crippen MR) is 51.9 cm³/mol. The maximum atomic E-state index is 10.2. The fraction of sp³-hybridized carbons (Fsp3) is 0.556. The highest BCUT2D eigenvalue weighted by molar-refractivity contribution is 5.68. The smallest absolute Gasteiger partial charge is 0.317 e. The average Bonchev–Trinajstić information content (AvgIpc) is 2.53. The zero-order valence-electron chi connectivity index (χ0n) is 8.23. The van der Waals surface area contributed by atoms with Gasteiger partial charge in [-0.1, -0.05) is 6.92 Å². The van der Waals surface area contributed by atoms with Gasteiger partial charge in [0.05, 0.1) is 13.1 Å². The number of nitrogens with zero attached hydrogens (tertiary/aromatic N) is 2. The molecule has 0 fully saturated rings. The molecule has 0 radical (unpaired) electrons. The molecule has 1 aromatic heterocycles. The number of hydrogen-bond acceptors (Lipinski definition) is 3. The first-order valence-electron chi connectivity index (χ1n) is 4.66. The number of imidazole rings is 1. The predicted octanol–water partition coefficient (Wildman–Crippen LogP) is 0.467. The maximum absolute atomic E-state index is 10.2. The van der Waals surface area contributed by atoms with Crippen molar-refractivity contribution in [3.05, 3.63) is 18.2 Å². The number of hydrogen-bond donors (Lipinski definition) is 2. The van der Waals surface area contributed by atoms with Gasteiger partial charge in [0.15, 0.2) is 0 Å². The number of nitrogens with one attached hydrogen (secondary N) is 1. The molecule has 0 unspecified atom stereocenters. The minimum atomic E-state index is -0.849. The second-order valence-electron chi connectivity index (χ2n) is 3.03. The monoisotopic (exact) mass is 197 g/mol. The molecule has 1 rings (SSSR count). The van der Waals surface area contributed by atoms with Crippen LogP contribution in [0.2, 0.25) is 0 Å². The van der Waals surface area contributed by atoms with E-state index in [1.54, 1.807) is 6.20 Å². The third kappa shape index (κ3) is 3.18. The van der Waals surface area contributed by atoms with E-state index in [2.05, 4.69) is 17.2 Å². The van der Waals surface area contributed by atoms with Crippen LogP contribution in [-0.2, 0) is 17.9 Å². The minimum absolute atomic E-state index is 0.0288. The van der Waals surface area contributed by atoms with Crippen LogP contribution in [0, 0.1) is 0 Å². The highest BCUT2D eigenvalue weighted by atomic mass is 16.4. The molecule has 0 aromatic carbocycles. The first kappa shape index (κ1) is 10.7. The van der Waals surface area contributed by atoms with Gasteiger partial charge in [0, 0.05) is 18.9 Å². The Morgan fingerprint density at radius 1 is 1.71 bits per heavy atom. The van der Waals surface area contributed by atoms with E-state index in [0.29, 0.717) is 6.54 Å². The Labute approximate surface area is 82.8 Å². The van der Waals surface area contributed by atoms with Crippen molar-refractivity contribution in [1.82, 2.24) is 14.9 Å². The zero-order chi connectivity index (χ0) is 10.4. The van der Waals surface area contributed by atoms with Crippen LogP contribution in [0.5, 0.6) is 0 Å². The van der Waals surface area contributed by atoms with E-state index in [-0.39, 0.29) is 6.54 Å². The van der Waals surface area contributed by atoms with E-state index < -0.39 is 5.97 Å². The van der Waals surface area contributed by atoms with Crippen LogP contribution >= 0.6 is 0 Å². The SMILES string of the molecule is CCCn1ccnc1CNCC(=O)O. The highest BCUT2D eigenvalue weighted by Crippen LogP contribution is 1.98. The van der Waals surface area contributed by atoms with E-state index in [1.807, 2.05) is 10.8 Å². The van der Waals surface area contributed by atoms with Crippen molar-refractivity contribution in [2.24, 2.45) is 0 Å². The lowest BCUT2D eigenvalue weighted by molar-refractivity contribution is -0.136. The van der Waals surface area contributed by atoms with Gasteiger partial charge in [0.2, 0.25) is 0 Å². The summed E-state index contributed by atoms with van der Waals surface area (Å²) in [4.78, 5) is 14.4. The largest absolute Gasteiger partial charge is 0.480 e. The third-order valence-corrected chi connectivity index (χ3v) is 1.83. The number of rotatable bonds is 6. The lowest BCUT2D eigenvalue weighted by Crippen LogP contribution is -2.23. The summed E-state index contributed by atoms with van der Waals surface area (Å²) in [7, 11) is 0. The molecule has 14 heavy (non-hydrogen) atoms. The zero-order valence-corrected chi connectivity index (χ0v) is 8.23. The number of aromatic nitrogens is 2. The molecular formula is C9H15N3O2. The molecule has 0 spiro atoms. The summed E-state index contributed by atoms with van der Waals surface area (Å²) in [5.74, 6) is 0.0340. The second-order valence-corrected chi connectivity index (χ2v) is 3.03. The molecule has 0 amide bonds. The Kier molecular flexibility index (Phi) is 4.12. The molecule has 0 aliphatic rings.